The van der Waals surface area contributed by atoms with Gasteiger partial charge in [-0.15, -0.1) is 10.2 Å². The molecule has 0 saturated carbocycles. The second-order valence-corrected chi connectivity index (χ2v) is 8.59. The van der Waals surface area contributed by atoms with Crippen molar-refractivity contribution in [2.24, 2.45) is 10.9 Å². The van der Waals surface area contributed by atoms with Crippen LogP contribution in [0.4, 0.5) is 24.8 Å². The number of aliphatic imine (C=N–C) groups is 1. The van der Waals surface area contributed by atoms with E-state index in [0.717, 1.165) is 42.1 Å². The SMILES string of the molecule is CC1=CC(OC2=CC(c3nnc(Nc4cccc(C(F)(F)F)c4)[nH]3)CC=C2)C2CCC=CC2=N1. The highest BCUT2D eigenvalue weighted by Crippen LogP contribution is 2.33. The summed E-state index contributed by atoms with van der Waals surface area (Å²) in [6, 6.07) is 4.96. The molecule has 1 aromatic heterocycles. The zero-order chi connectivity index (χ0) is 23.7. The van der Waals surface area contributed by atoms with Crippen LogP contribution in [0.15, 0.2) is 77.2 Å². The predicted octanol–water partition coefficient (Wildman–Crippen LogP) is 6.20. The molecule has 0 bridgehead atoms. The van der Waals surface area contributed by atoms with E-state index in [-0.39, 0.29) is 29.6 Å². The van der Waals surface area contributed by atoms with E-state index in [2.05, 4.69) is 43.7 Å². The van der Waals surface area contributed by atoms with Gasteiger partial charge < -0.3 is 15.0 Å². The van der Waals surface area contributed by atoms with Crippen LogP contribution in [0.5, 0.6) is 0 Å². The van der Waals surface area contributed by atoms with Gasteiger partial charge in [0.1, 0.15) is 17.7 Å². The quantitative estimate of drug-likeness (QED) is 0.549. The molecule has 34 heavy (non-hydrogen) atoms. The third-order valence-electron chi connectivity index (χ3n) is 6.04. The van der Waals surface area contributed by atoms with Crippen molar-refractivity contribution in [3.05, 3.63) is 83.6 Å². The largest absolute Gasteiger partial charge is 0.486 e. The summed E-state index contributed by atoms with van der Waals surface area (Å²) in [7, 11) is 0. The lowest BCUT2D eigenvalue weighted by Gasteiger charge is -2.31. The Labute approximate surface area is 195 Å². The number of aromatic nitrogens is 3. The number of hydrogen-bond donors (Lipinski definition) is 2. The number of nitrogens with zero attached hydrogens (tertiary/aromatic N) is 3. The molecule has 2 N–H and O–H groups in total. The van der Waals surface area contributed by atoms with Gasteiger partial charge in [0.15, 0.2) is 0 Å². The second kappa shape index (κ2) is 8.96. The van der Waals surface area contributed by atoms with Crippen molar-refractivity contribution in [3.63, 3.8) is 0 Å². The number of benzene rings is 1. The highest BCUT2D eigenvalue weighted by molar-refractivity contribution is 5.99. The zero-order valence-electron chi connectivity index (χ0n) is 18.5. The van der Waals surface area contributed by atoms with Crippen LogP contribution in [0.2, 0.25) is 0 Å². The fraction of sp³-hybridized carbons (Fsp3) is 0.320. The number of nitrogens with one attached hydrogen (secondary N) is 2. The Morgan fingerprint density at radius 3 is 2.85 bits per heavy atom. The Bertz CT molecular complexity index is 1220. The van der Waals surface area contributed by atoms with Crippen LogP contribution in [-0.2, 0) is 10.9 Å². The maximum absolute atomic E-state index is 13.0. The first-order valence-electron chi connectivity index (χ1n) is 11.2. The van der Waals surface area contributed by atoms with Crippen molar-refractivity contribution in [2.45, 2.75) is 44.4 Å². The van der Waals surface area contributed by atoms with E-state index in [1.165, 1.54) is 6.07 Å². The Balaban J connectivity index is 1.29. The van der Waals surface area contributed by atoms with Crippen molar-refractivity contribution < 1.29 is 17.9 Å². The van der Waals surface area contributed by atoms with Crippen LogP contribution in [0.1, 0.15) is 43.5 Å². The van der Waals surface area contributed by atoms with Crippen LogP contribution in [0.25, 0.3) is 0 Å². The number of rotatable bonds is 5. The fourth-order valence-electron chi connectivity index (χ4n) is 4.40. The molecule has 3 atom stereocenters. The van der Waals surface area contributed by atoms with Gasteiger partial charge in [0, 0.05) is 28.9 Å². The maximum Gasteiger partial charge on any atom is 0.416 e. The van der Waals surface area contributed by atoms with Crippen molar-refractivity contribution in [1.29, 1.82) is 0 Å². The summed E-state index contributed by atoms with van der Waals surface area (Å²) in [5.41, 5.74) is 1.56. The lowest BCUT2D eigenvalue weighted by molar-refractivity contribution is -0.137. The maximum atomic E-state index is 13.0. The normalized spacial score (nSPS) is 24.1. The van der Waals surface area contributed by atoms with Crippen molar-refractivity contribution in [2.75, 3.05) is 5.32 Å². The highest BCUT2D eigenvalue weighted by Gasteiger charge is 2.31. The van der Waals surface area contributed by atoms with E-state index in [1.807, 2.05) is 25.2 Å². The molecule has 2 heterocycles. The standard InChI is InChI=1S/C25H24F3N5O/c1-15-12-22(20-10-2-3-11-21(20)29-15)34-19-9-4-6-16(13-19)23-31-24(33-32-23)30-18-8-5-7-17(14-18)25(26,27)28/h3-5,7-9,11-14,16,20,22H,2,6,10H2,1H3,(H2,30,31,32,33). The van der Waals surface area contributed by atoms with Gasteiger partial charge in [-0.25, -0.2) is 0 Å². The molecule has 0 fully saturated rings. The predicted molar refractivity (Wildman–Crippen MR) is 124 cm³/mol. The molecule has 2 aromatic rings. The third-order valence-corrected chi connectivity index (χ3v) is 6.04. The monoisotopic (exact) mass is 467 g/mol. The van der Waals surface area contributed by atoms with Crippen molar-refractivity contribution >= 4 is 17.3 Å². The summed E-state index contributed by atoms with van der Waals surface area (Å²) in [5.74, 6) is 1.79. The van der Waals surface area contributed by atoms with Gasteiger partial charge in [-0.3, -0.25) is 4.99 Å². The van der Waals surface area contributed by atoms with Crippen LogP contribution in [-0.4, -0.2) is 27.0 Å². The average molecular weight is 467 g/mol. The van der Waals surface area contributed by atoms with Crippen molar-refractivity contribution in [1.82, 2.24) is 15.2 Å². The van der Waals surface area contributed by atoms with E-state index in [4.69, 9.17) is 4.74 Å². The van der Waals surface area contributed by atoms with Gasteiger partial charge in [-0.2, -0.15) is 13.2 Å². The second-order valence-electron chi connectivity index (χ2n) is 8.59. The van der Waals surface area contributed by atoms with Crippen LogP contribution in [0, 0.1) is 5.92 Å². The molecule has 0 radical (unpaired) electrons. The lowest BCUT2D eigenvalue weighted by atomic mass is 9.85. The number of halogens is 3. The van der Waals surface area contributed by atoms with Gasteiger partial charge >= 0.3 is 6.18 Å². The number of alkyl halides is 3. The Morgan fingerprint density at radius 2 is 2.00 bits per heavy atom. The van der Waals surface area contributed by atoms with E-state index in [1.54, 1.807) is 6.07 Å². The number of anilines is 2. The minimum Gasteiger partial charge on any atom is -0.486 e. The summed E-state index contributed by atoms with van der Waals surface area (Å²) >= 11 is 0. The van der Waals surface area contributed by atoms with Crippen LogP contribution >= 0.6 is 0 Å². The molecule has 6 nitrogen and oxygen atoms in total. The van der Waals surface area contributed by atoms with Gasteiger partial charge in [0.25, 0.3) is 0 Å². The molecule has 0 spiro atoms. The van der Waals surface area contributed by atoms with E-state index < -0.39 is 11.7 Å². The summed E-state index contributed by atoms with van der Waals surface area (Å²) in [6.07, 6.45) is 10.5. The van der Waals surface area contributed by atoms with Crippen molar-refractivity contribution in [3.8, 4) is 0 Å². The van der Waals surface area contributed by atoms with E-state index in [0.29, 0.717) is 12.2 Å². The molecule has 176 valence electrons. The van der Waals surface area contributed by atoms with Crippen LogP contribution < -0.4 is 5.32 Å². The Kier molecular flexibility index (Phi) is 5.85. The fourth-order valence-corrected chi connectivity index (χ4v) is 4.40. The molecule has 3 unspecified atom stereocenters. The molecule has 5 rings (SSSR count). The van der Waals surface area contributed by atoms with Crippen LogP contribution in [0.3, 0.4) is 0 Å². The number of hydrogen-bond acceptors (Lipinski definition) is 5. The average Bonchev–Trinajstić information content (AvgIpc) is 3.27. The van der Waals surface area contributed by atoms with Gasteiger partial charge in [-0.1, -0.05) is 18.2 Å². The zero-order valence-corrected chi connectivity index (χ0v) is 18.5. The molecule has 3 aliphatic rings. The third kappa shape index (κ3) is 4.83. The molecule has 1 aliphatic heterocycles. The Hall–Kier alpha value is -3.62. The number of H-pyrrole nitrogens is 1. The minimum atomic E-state index is -4.41. The summed E-state index contributed by atoms with van der Waals surface area (Å²) in [6.45, 7) is 1.98. The summed E-state index contributed by atoms with van der Waals surface area (Å²) in [5, 5.41) is 11.1. The summed E-state index contributed by atoms with van der Waals surface area (Å²) < 4.78 is 45.3. The summed E-state index contributed by atoms with van der Waals surface area (Å²) in [4.78, 5) is 7.72. The molecule has 9 heteroatoms. The highest BCUT2D eigenvalue weighted by atomic mass is 19.4. The molecule has 1 aromatic carbocycles. The lowest BCUT2D eigenvalue weighted by Crippen LogP contribution is -2.32. The number of fused-ring (bicyclic) bond motifs is 1. The first-order chi connectivity index (χ1) is 16.3. The van der Waals surface area contributed by atoms with Gasteiger partial charge in [0.2, 0.25) is 5.95 Å². The minimum absolute atomic E-state index is 0.0834. The topological polar surface area (TPSA) is 75.2 Å². The number of ether oxygens (including phenoxy) is 1. The molecule has 2 aliphatic carbocycles. The molecule has 0 saturated heterocycles. The first kappa shape index (κ1) is 22.2. The molecular formula is C25H24F3N5O. The first-order valence-corrected chi connectivity index (χ1v) is 11.2. The number of allylic oxidation sites excluding steroid dienone is 6. The van der Waals surface area contributed by atoms with E-state index >= 15 is 0 Å². The molecular weight excluding hydrogens is 443 g/mol. The molecule has 0 amide bonds. The smallest absolute Gasteiger partial charge is 0.416 e. The van der Waals surface area contributed by atoms with E-state index in [9.17, 15) is 13.2 Å². The van der Waals surface area contributed by atoms with Gasteiger partial charge in [0.05, 0.1) is 5.56 Å². The van der Waals surface area contributed by atoms with Gasteiger partial charge in [-0.05, 0) is 68.7 Å². The Morgan fingerprint density at radius 1 is 1.12 bits per heavy atom. The number of aromatic amines is 1.